The Bertz CT molecular complexity index is 684. The lowest BCUT2D eigenvalue weighted by atomic mass is 9.89. The van der Waals surface area contributed by atoms with Gasteiger partial charge in [0.15, 0.2) is 5.78 Å². The molecule has 2 N–H and O–H groups in total. The molecule has 0 unspecified atom stereocenters. The van der Waals surface area contributed by atoms with Gasteiger partial charge in [-0.15, -0.1) is 0 Å². The maximum Gasteiger partial charge on any atom is 0.192 e. The lowest BCUT2D eigenvalue weighted by Gasteiger charge is -2.17. The predicted molar refractivity (Wildman–Crippen MR) is 83.7 cm³/mol. The van der Waals surface area contributed by atoms with Crippen LogP contribution in [0.1, 0.15) is 48.8 Å². The quantitative estimate of drug-likeness (QED) is 0.693. The molecule has 1 aromatic carbocycles. The van der Waals surface area contributed by atoms with Crippen molar-refractivity contribution in [2.45, 2.75) is 38.1 Å². The van der Waals surface area contributed by atoms with E-state index in [-0.39, 0.29) is 11.8 Å². The van der Waals surface area contributed by atoms with E-state index in [4.69, 9.17) is 17.3 Å². The van der Waals surface area contributed by atoms with Crippen LogP contribution in [-0.4, -0.2) is 15.6 Å². The van der Waals surface area contributed by atoms with Crippen LogP contribution in [0.5, 0.6) is 0 Å². The van der Waals surface area contributed by atoms with Gasteiger partial charge in [0.05, 0.1) is 16.6 Å². The van der Waals surface area contributed by atoms with E-state index in [0.717, 1.165) is 18.4 Å². The number of benzene rings is 1. The van der Waals surface area contributed by atoms with Gasteiger partial charge in [-0.2, -0.15) is 5.10 Å². The number of halogens is 1. The highest BCUT2D eigenvalue weighted by atomic mass is 35.5. The van der Waals surface area contributed by atoms with Gasteiger partial charge in [0.1, 0.15) is 5.69 Å². The highest BCUT2D eigenvalue weighted by molar-refractivity contribution is 6.34. The van der Waals surface area contributed by atoms with Crippen LogP contribution in [0.15, 0.2) is 30.5 Å². The molecule has 0 radical (unpaired) electrons. The number of Topliss-reactive ketones (excluding diaryl/α,β-unsaturated/α-hetero) is 1. The van der Waals surface area contributed by atoms with Gasteiger partial charge in [-0.05, 0) is 44.4 Å². The second-order valence-electron chi connectivity index (χ2n) is 5.91. The zero-order valence-corrected chi connectivity index (χ0v) is 12.9. The van der Waals surface area contributed by atoms with Crippen LogP contribution in [0, 0.1) is 0 Å². The number of hydrogen-bond donors (Lipinski definition) is 1. The second kappa shape index (κ2) is 4.88. The average molecular weight is 304 g/mol. The van der Waals surface area contributed by atoms with Crippen LogP contribution in [0.25, 0.3) is 0 Å². The lowest BCUT2D eigenvalue weighted by Crippen LogP contribution is -2.25. The van der Waals surface area contributed by atoms with E-state index >= 15 is 0 Å². The minimum atomic E-state index is -0.454. The summed E-state index contributed by atoms with van der Waals surface area (Å²) in [6, 6.07) is 7.64. The van der Waals surface area contributed by atoms with E-state index in [2.05, 4.69) is 5.10 Å². The summed E-state index contributed by atoms with van der Waals surface area (Å²) in [5.41, 5.74) is 7.50. The number of hydrogen-bond acceptors (Lipinski definition) is 3. The largest absolute Gasteiger partial charge is 0.399 e. The van der Waals surface area contributed by atoms with Crippen LogP contribution in [-0.2, 0) is 5.41 Å². The van der Waals surface area contributed by atoms with Crippen LogP contribution < -0.4 is 5.73 Å². The summed E-state index contributed by atoms with van der Waals surface area (Å²) in [6.07, 6.45) is 3.23. The molecule has 5 heteroatoms. The van der Waals surface area contributed by atoms with Gasteiger partial charge >= 0.3 is 0 Å². The summed E-state index contributed by atoms with van der Waals surface area (Å²) in [7, 11) is 0. The topological polar surface area (TPSA) is 60.9 Å². The minimum Gasteiger partial charge on any atom is -0.399 e. The summed E-state index contributed by atoms with van der Waals surface area (Å²) >= 11 is 6.21. The first-order valence-electron chi connectivity index (χ1n) is 7.09. The molecule has 0 bridgehead atoms. The highest BCUT2D eigenvalue weighted by Gasteiger charge is 2.52. The second-order valence-corrected chi connectivity index (χ2v) is 6.32. The standard InChI is InChI=1S/C16H18ClN3O/c1-10(2)20-14(13(17)9-19-20)15(21)16(7-8-16)11-3-5-12(18)6-4-11/h3-6,9-10H,7-8,18H2,1-2H3. The Balaban J connectivity index is 2.03. The zero-order chi connectivity index (χ0) is 15.2. The monoisotopic (exact) mass is 303 g/mol. The number of carbonyl (C=O) groups is 1. The van der Waals surface area contributed by atoms with E-state index in [9.17, 15) is 4.79 Å². The van der Waals surface area contributed by atoms with Crippen molar-refractivity contribution in [2.24, 2.45) is 0 Å². The number of anilines is 1. The molecule has 0 atom stereocenters. The molecule has 0 saturated heterocycles. The summed E-state index contributed by atoms with van der Waals surface area (Å²) < 4.78 is 1.71. The van der Waals surface area contributed by atoms with Crippen LogP contribution in [0.3, 0.4) is 0 Å². The highest BCUT2D eigenvalue weighted by Crippen LogP contribution is 2.51. The molecule has 1 aromatic heterocycles. The van der Waals surface area contributed by atoms with Gasteiger partial charge in [0, 0.05) is 11.7 Å². The Morgan fingerprint density at radius 2 is 1.95 bits per heavy atom. The maximum atomic E-state index is 13.0. The van der Waals surface area contributed by atoms with Crippen molar-refractivity contribution in [2.75, 3.05) is 5.73 Å². The fourth-order valence-electron chi connectivity index (χ4n) is 2.75. The van der Waals surface area contributed by atoms with Gasteiger partial charge in [-0.1, -0.05) is 23.7 Å². The Morgan fingerprint density at radius 3 is 2.48 bits per heavy atom. The molecular weight excluding hydrogens is 286 g/mol. The number of ketones is 1. The molecule has 2 aromatic rings. The molecule has 0 amide bonds. The van der Waals surface area contributed by atoms with Gasteiger partial charge < -0.3 is 5.73 Å². The van der Waals surface area contributed by atoms with Crippen molar-refractivity contribution in [1.29, 1.82) is 0 Å². The minimum absolute atomic E-state index is 0.0588. The third-order valence-electron chi connectivity index (χ3n) is 4.10. The molecule has 3 rings (SSSR count). The molecular formula is C16H18ClN3O. The third kappa shape index (κ3) is 2.23. The Labute approximate surface area is 128 Å². The van der Waals surface area contributed by atoms with E-state index in [1.165, 1.54) is 0 Å². The SMILES string of the molecule is CC(C)n1ncc(Cl)c1C(=O)C1(c2ccc(N)cc2)CC1. The first kappa shape index (κ1) is 14.1. The van der Waals surface area contributed by atoms with E-state index in [1.807, 2.05) is 38.1 Å². The average Bonchev–Trinajstić information content (AvgIpc) is 3.16. The third-order valence-corrected chi connectivity index (χ3v) is 4.38. The Hall–Kier alpha value is -1.81. The smallest absolute Gasteiger partial charge is 0.192 e. The normalized spacial score (nSPS) is 16.2. The molecule has 21 heavy (non-hydrogen) atoms. The molecule has 4 nitrogen and oxygen atoms in total. The number of aromatic nitrogens is 2. The first-order chi connectivity index (χ1) is 9.95. The maximum absolute atomic E-state index is 13.0. The zero-order valence-electron chi connectivity index (χ0n) is 12.1. The van der Waals surface area contributed by atoms with Gasteiger partial charge in [-0.3, -0.25) is 9.48 Å². The first-order valence-corrected chi connectivity index (χ1v) is 7.47. The summed E-state index contributed by atoms with van der Waals surface area (Å²) in [5.74, 6) is 0.0588. The van der Waals surface area contributed by atoms with Crippen molar-refractivity contribution in [3.05, 3.63) is 46.7 Å². The van der Waals surface area contributed by atoms with Crippen molar-refractivity contribution in [3.63, 3.8) is 0 Å². The molecule has 1 saturated carbocycles. The molecule has 110 valence electrons. The van der Waals surface area contributed by atoms with Gasteiger partial charge in [0.25, 0.3) is 0 Å². The van der Waals surface area contributed by atoms with Crippen molar-refractivity contribution < 1.29 is 4.79 Å². The van der Waals surface area contributed by atoms with Gasteiger partial charge in [0.2, 0.25) is 0 Å². The summed E-state index contributed by atoms with van der Waals surface area (Å²) in [5, 5.41) is 4.66. The van der Waals surface area contributed by atoms with Crippen LogP contribution in [0.4, 0.5) is 5.69 Å². The molecule has 1 aliphatic carbocycles. The van der Waals surface area contributed by atoms with E-state index in [0.29, 0.717) is 16.4 Å². The fraction of sp³-hybridized carbons (Fsp3) is 0.375. The van der Waals surface area contributed by atoms with Crippen LogP contribution in [0.2, 0.25) is 5.02 Å². The summed E-state index contributed by atoms with van der Waals surface area (Å²) in [4.78, 5) is 13.0. The van der Waals surface area contributed by atoms with E-state index < -0.39 is 5.41 Å². The molecule has 1 fully saturated rings. The van der Waals surface area contributed by atoms with Crippen molar-refractivity contribution in [3.8, 4) is 0 Å². The Kier molecular flexibility index (Phi) is 3.29. The number of nitrogens with two attached hydrogens (primary N) is 1. The molecule has 0 aliphatic heterocycles. The molecule has 0 spiro atoms. The fourth-order valence-corrected chi connectivity index (χ4v) is 2.96. The summed E-state index contributed by atoms with van der Waals surface area (Å²) in [6.45, 7) is 3.98. The van der Waals surface area contributed by atoms with Crippen molar-refractivity contribution >= 4 is 23.1 Å². The molecule has 1 aliphatic rings. The lowest BCUT2D eigenvalue weighted by molar-refractivity contribution is 0.0933. The number of nitrogens with zero attached hydrogens (tertiary/aromatic N) is 2. The van der Waals surface area contributed by atoms with Crippen molar-refractivity contribution in [1.82, 2.24) is 9.78 Å². The number of carbonyl (C=O) groups excluding carboxylic acids is 1. The number of rotatable bonds is 4. The van der Waals surface area contributed by atoms with Gasteiger partial charge in [-0.25, -0.2) is 0 Å². The number of nitrogen functional groups attached to an aromatic ring is 1. The Morgan fingerprint density at radius 1 is 1.33 bits per heavy atom. The predicted octanol–water partition coefficient (Wildman–Crippen LogP) is 3.61. The van der Waals surface area contributed by atoms with E-state index in [1.54, 1.807) is 10.9 Å². The van der Waals surface area contributed by atoms with Crippen LogP contribution >= 0.6 is 11.6 Å². The molecule has 1 heterocycles.